The third-order valence-electron chi connectivity index (χ3n) is 3.80. The molecule has 0 spiro atoms. The summed E-state index contributed by atoms with van der Waals surface area (Å²) in [5, 5.41) is 0. The van der Waals surface area contributed by atoms with Gasteiger partial charge in [0.05, 0.1) is 6.61 Å². The van der Waals surface area contributed by atoms with Gasteiger partial charge in [-0.25, -0.2) is 0 Å². The van der Waals surface area contributed by atoms with Crippen molar-refractivity contribution in [1.82, 2.24) is 4.90 Å². The number of nitrogens with zero attached hydrogens (tertiary/aromatic N) is 1. The van der Waals surface area contributed by atoms with Crippen LogP contribution < -0.4 is 10.5 Å². The number of ether oxygens (including phenoxy) is 1. The second-order valence-electron chi connectivity index (χ2n) is 4.86. The molecule has 1 atom stereocenters. The van der Waals surface area contributed by atoms with E-state index in [4.69, 9.17) is 10.5 Å². The second kappa shape index (κ2) is 6.21. The van der Waals surface area contributed by atoms with Crippen LogP contribution in [0.5, 0.6) is 5.75 Å². The van der Waals surface area contributed by atoms with Gasteiger partial charge in [0.25, 0.3) is 0 Å². The largest absolute Gasteiger partial charge is 0.493 e. The highest BCUT2D eigenvalue weighted by Crippen LogP contribution is 2.33. The average Bonchev–Trinajstić information content (AvgIpc) is 2.87. The zero-order valence-electron chi connectivity index (χ0n) is 11.5. The zero-order valence-corrected chi connectivity index (χ0v) is 11.5. The molecule has 18 heavy (non-hydrogen) atoms. The monoisotopic (exact) mass is 248 g/mol. The quantitative estimate of drug-likeness (QED) is 0.840. The van der Waals surface area contributed by atoms with Crippen molar-refractivity contribution in [3.05, 3.63) is 29.3 Å². The van der Waals surface area contributed by atoms with Crippen LogP contribution in [0.1, 0.15) is 37.4 Å². The van der Waals surface area contributed by atoms with E-state index < -0.39 is 0 Å². The highest BCUT2D eigenvalue weighted by atomic mass is 16.5. The van der Waals surface area contributed by atoms with E-state index in [-0.39, 0.29) is 6.04 Å². The molecule has 1 heterocycles. The lowest BCUT2D eigenvalue weighted by atomic mass is 10.00. The van der Waals surface area contributed by atoms with E-state index >= 15 is 0 Å². The Morgan fingerprint density at radius 3 is 2.83 bits per heavy atom. The fourth-order valence-electron chi connectivity index (χ4n) is 2.55. The third kappa shape index (κ3) is 2.85. The molecule has 1 aromatic rings. The van der Waals surface area contributed by atoms with Crippen molar-refractivity contribution in [2.45, 2.75) is 32.7 Å². The van der Waals surface area contributed by atoms with Gasteiger partial charge >= 0.3 is 0 Å². The minimum Gasteiger partial charge on any atom is -0.493 e. The van der Waals surface area contributed by atoms with Crippen molar-refractivity contribution < 1.29 is 4.74 Å². The van der Waals surface area contributed by atoms with Gasteiger partial charge in [0.1, 0.15) is 5.75 Å². The Morgan fingerprint density at radius 1 is 1.33 bits per heavy atom. The van der Waals surface area contributed by atoms with Crippen LogP contribution in [-0.2, 0) is 6.42 Å². The molecular weight excluding hydrogens is 224 g/mol. The summed E-state index contributed by atoms with van der Waals surface area (Å²) in [6.45, 7) is 8.42. The maximum Gasteiger partial charge on any atom is 0.127 e. The van der Waals surface area contributed by atoms with Crippen molar-refractivity contribution in [2.24, 2.45) is 5.73 Å². The van der Waals surface area contributed by atoms with Gasteiger partial charge in [-0.3, -0.25) is 0 Å². The summed E-state index contributed by atoms with van der Waals surface area (Å²) >= 11 is 0. The van der Waals surface area contributed by atoms with Gasteiger partial charge in [0.2, 0.25) is 0 Å². The molecule has 0 aromatic heterocycles. The number of hydrogen-bond acceptors (Lipinski definition) is 3. The van der Waals surface area contributed by atoms with Crippen LogP contribution in [0, 0.1) is 0 Å². The number of rotatable bonds is 6. The van der Waals surface area contributed by atoms with Gasteiger partial charge in [-0.1, -0.05) is 32.0 Å². The van der Waals surface area contributed by atoms with Crippen LogP contribution >= 0.6 is 0 Å². The van der Waals surface area contributed by atoms with Crippen LogP contribution in [0.2, 0.25) is 0 Å². The van der Waals surface area contributed by atoms with Gasteiger partial charge in [-0.2, -0.15) is 0 Å². The molecule has 2 rings (SSSR count). The summed E-state index contributed by atoms with van der Waals surface area (Å²) < 4.78 is 5.72. The maximum atomic E-state index is 6.32. The lowest BCUT2D eigenvalue weighted by Crippen LogP contribution is -2.27. The molecule has 0 radical (unpaired) electrons. The highest BCUT2D eigenvalue weighted by Gasteiger charge is 2.19. The summed E-state index contributed by atoms with van der Waals surface area (Å²) in [5.41, 5.74) is 8.81. The summed E-state index contributed by atoms with van der Waals surface area (Å²) in [7, 11) is 0. The number of hydrogen-bond donors (Lipinski definition) is 1. The number of fused-ring (bicyclic) bond motifs is 1. The first-order valence-corrected chi connectivity index (χ1v) is 6.98. The fourth-order valence-corrected chi connectivity index (χ4v) is 2.55. The molecule has 100 valence electrons. The van der Waals surface area contributed by atoms with Crippen LogP contribution in [0.4, 0.5) is 0 Å². The van der Waals surface area contributed by atoms with E-state index in [0.29, 0.717) is 0 Å². The Morgan fingerprint density at radius 2 is 2.11 bits per heavy atom. The standard InChI is InChI=1S/C15H24N2O/c1-3-17(4-2)10-8-14(16)13-7-5-6-12-9-11-18-15(12)13/h5-7,14H,3-4,8-11,16H2,1-2H3. The molecule has 1 aromatic carbocycles. The second-order valence-corrected chi connectivity index (χ2v) is 4.86. The van der Waals surface area contributed by atoms with Gasteiger partial charge in [0.15, 0.2) is 0 Å². The van der Waals surface area contributed by atoms with Gasteiger partial charge in [-0.05, 0) is 31.6 Å². The molecule has 0 bridgehead atoms. The van der Waals surface area contributed by atoms with E-state index in [1.807, 2.05) is 0 Å². The minimum atomic E-state index is 0.0821. The zero-order chi connectivity index (χ0) is 13.0. The molecule has 0 amide bonds. The van der Waals surface area contributed by atoms with E-state index in [9.17, 15) is 0 Å². The third-order valence-corrected chi connectivity index (χ3v) is 3.80. The van der Waals surface area contributed by atoms with Crippen LogP contribution in [0.25, 0.3) is 0 Å². The molecule has 2 N–H and O–H groups in total. The molecule has 0 fully saturated rings. The summed E-state index contributed by atoms with van der Waals surface area (Å²) in [4.78, 5) is 2.41. The number of para-hydroxylation sites is 1. The SMILES string of the molecule is CCN(CC)CCC(N)c1cccc2c1OCC2. The highest BCUT2D eigenvalue weighted by molar-refractivity contribution is 5.45. The molecule has 1 aliphatic rings. The van der Waals surface area contributed by atoms with Gasteiger partial charge in [-0.15, -0.1) is 0 Å². The van der Waals surface area contributed by atoms with Crippen molar-refractivity contribution in [2.75, 3.05) is 26.2 Å². The van der Waals surface area contributed by atoms with E-state index in [1.165, 1.54) is 11.1 Å². The van der Waals surface area contributed by atoms with Crippen LogP contribution in [0.3, 0.4) is 0 Å². The lowest BCUT2D eigenvalue weighted by Gasteiger charge is -2.21. The molecule has 3 heteroatoms. The number of nitrogens with two attached hydrogens (primary N) is 1. The maximum absolute atomic E-state index is 6.32. The van der Waals surface area contributed by atoms with Crippen molar-refractivity contribution in [3.8, 4) is 5.75 Å². The molecule has 0 aliphatic carbocycles. The predicted octanol–water partition coefficient (Wildman–Crippen LogP) is 2.35. The molecule has 1 aliphatic heterocycles. The van der Waals surface area contributed by atoms with Crippen molar-refractivity contribution in [3.63, 3.8) is 0 Å². The van der Waals surface area contributed by atoms with E-state index in [1.54, 1.807) is 0 Å². The first-order valence-electron chi connectivity index (χ1n) is 6.98. The Bertz CT molecular complexity index is 388. The van der Waals surface area contributed by atoms with Gasteiger partial charge < -0.3 is 15.4 Å². The van der Waals surface area contributed by atoms with Crippen LogP contribution in [0.15, 0.2) is 18.2 Å². The first kappa shape index (κ1) is 13.4. The molecule has 0 saturated carbocycles. The lowest BCUT2D eigenvalue weighted by molar-refractivity contribution is 0.288. The Balaban J connectivity index is 2.01. The Kier molecular flexibility index (Phi) is 4.61. The molecule has 1 unspecified atom stereocenters. The Hall–Kier alpha value is -1.06. The topological polar surface area (TPSA) is 38.5 Å². The van der Waals surface area contributed by atoms with E-state index in [2.05, 4.69) is 36.9 Å². The van der Waals surface area contributed by atoms with Gasteiger partial charge in [0, 0.05) is 18.0 Å². The summed E-state index contributed by atoms with van der Waals surface area (Å²) in [5.74, 6) is 1.05. The molecule has 0 saturated heterocycles. The summed E-state index contributed by atoms with van der Waals surface area (Å²) in [6.07, 6.45) is 2.01. The Labute approximate surface area is 110 Å². The summed E-state index contributed by atoms with van der Waals surface area (Å²) in [6, 6.07) is 6.43. The average molecular weight is 248 g/mol. The van der Waals surface area contributed by atoms with E-state index in [0.717, 1.165) is 44.8 Å². The smallest absolute Gasteiger partial charge is 0.127 e. The number of benzene rings is 1. The fraction of sp³-hybridized carbons (Fsp3) is 0.600. The van der Waals surface area contributed by atoms with Crippen molar-refractivity contribution in [1.29, 1.82) is 0 Å². The predicted molar refractivity (Wildman–Crippen MR) is 75.0 cm³/mol. The normalized spacial score (nSPS) is 15.6. The minimum absolute atomic E-state index is 0.0821. The van der Waals surface area contributed by atoms with Crippen molar-refractivity contribution >= 4 is 0 Å². The molecular formula is C15H24N2O. The first-order chi connectivity index (χ1) is 8.76. The van der Waals surface area contributed by atoms with Crippen LogP contribution in [-0.4, -0.2) is 31.1 Å². The molecule has 3 nitrogen and oxygen atoms in total.